The number of rotatable bonds is 3. The van der Waals surface area contributed by atoms with Gasteiger partial charge in [0, 0.05) is 7.11 Å². The van der Waals surface area contributed by atoms with Crippen molar-refractivity contribution in [2.45, 2.75) is 37.9 Å². The van der Waals surface area contributed by atoms with E-state index in [4.69, 9.17) is 4.74 Å². The highest BCUT2D eigenvalue weighted by Gasteiger charge is 2.47. The highest BCUT2D eigenvalue weighted by molar-refractivity contribution is 5.39. The molecular weight excluding hydrogens is 188 g/mol. The molecular formula is C13H18O2. The Morgan fingerprint density at radius 1 is 1.27 bits per heavy atom. The first kappa shape index (κ1) is 10.7. The van der Waals surface area contributed by atoms with Crippen LogP contribution in [0.2, 0.25) is 0 Å². The normalized spacial score (nSPS) is 18.9. The van der Waals surface area contributed by atoms with E-state index in [0.29, 0.717) is 0 Å². The molecule has 0 radical (unpaired) electrons. The van der Waals surface area contributed by atoms with Gasteiger partial charge in [0.05, 0.1) is 11.2 Å². The molecule has 0 bridgehead atoms. The van der Waals surface area contributed by atoms with Crippen LogP contribution in [0.5, 0.6) is 0 Å². The third-order valence-corrected chi connectivity index (χ3v) is 3.17. The summed E-state index contributed by atoms with van der Waals surface area (Å²) in [5, 5.41) is 10.1. The van der Waals surface area contributed by atoms with Crippen LogP contribution in [-0.4, -0.2) is 12.2 Å². The van der Waals surface area contributed by atoms with Gasteiger partial charge in [-0.1, -0.05) is 24.3 Å². The zero-order chi connectivity index (χ0) is 11.1. The maximum absolute atomic E-state index is 10.1. The Hall–Kier alpha value is -0.860. The fourth-order valence-corrected chi connectivity index (χ4v) is 2.11. The van der Waals surface area contributed by atoms with Gasteiger partial charge in [0.1, 0.15) is 0 Å². The summed E-state index contributed by atoms with van der Waals surface area (Å²) < 4.78 is 5.56. The molecule has 1 aliphatic rings. The number of ether oxygens (including phenoxy) is 1. The van der Waals surface area contributed by atoms with Crippen molar-refractivity contribution in [3.05, 3.63) is 35.4 Å². The van der Waals surface area contributed by atoms with E-state index >= 15 is 0 Å². The summed E-state index contributed by atoms with van der Waals surface area (Å²) >= 11 is 0. The topological polar surface area (TPSA) is 29.5 Å². The van der Waals surface area contributed by atoms with Gasteiger partial charge in [0.25, 0.3) is 0 Å². The summed E-state index contributed by atoms with van der Waals surface area (Å²) in [7, 11) is 1.74. The third kappa shape index (κ3) is 1.80. The molecule has 2 nitrogen and oxygen atoms in total. The van der Waals surface area contributed by atoms with E-state index in [-0.39, 0.29) is 5.60 Å². The second-order valence-electron chi connectivity index (χ2n) is 4.80. The smallest absolute Gasteiger partial charge is 0.0933 e. The van der Waals surface area contributed by atoms with E-state index < -0.39 is 5.60 Å². The van der Waals surface area contributed by atoms with E-state index in [9.17, 15) is 5.11 Å². The molecule has 0 atom stereocenters. The van der Waals surface area contributed by atoms with Crippen molar-refractivity contribution < 1.29 is 9.84 Å². The lowest BCUT2D eigenvalue weighted by Gasteiger charge is -2.25. The number of aliphatic hydroxyl groups is 1. The molecule has 1 aliphatic carbocycles. The molecule has 0 heterocycles. The van der Waals surface area contributed by atoms with Crippen LogP contribution in [0.1, 0.15) is 37.8 Å². The molecule has 0 aliphatic heterocycles. The van der Waals surface area contributed by atoms with Crippen LogP contribution in [0.15, 0.2) is 24.3 Å². The Morgan fingerprint density at radius 3 is 2.33 bits per heavy atom. The van der Waals surface area contributed by atoms with Gasteiger partial charge < -0.3 is 9.84 Å². The van der Waals surface area contributed by atoms with Crippen molar-refractivity contribution in [1.29, 1.82) is 0 Å². The van der Waals surface area contributed by atoms with Crippen LogP contribution in [0.3, 0.4) is 0 Å². The number of benzene rings is 1. The predicted molar refractivity (Wildman–Crippen MR) is 59.6 cm³/mol. The van der Waals surface area contributed by atoms with Gasteiger partial charge in [-0.3, -0.25) is 0 Å². The van der Waals surface area contributed by atoms with E-state index in [0.717, 1.165) is 24.0 Å². The first-order valence-corrected chi connectivity index (χ1v) is 5.37. The number of methoxy groups -OCH3 is 1. The van der Waals surface area contributed by atoms with Gasteiger partial charge in [-0.2, -0.15) is 0 Å². The van der Waals surface area contributed by atoms with Gasteiger partial charge in [-0.15, -0.1) is 0 Å². The van der Waals surface area contributed by atoms with Crippen LogP contribution >= 0.6 is 0 Å². The molecule has 2 rings (SSSR count). The zero-order valence-electron chi connectivity index (χ0n) is 9.58. The lowest BCUT2D eigenvalue weighted by molar-refractivity contribution is 0.0556. The van der Waals surface area contributed by atoms with Crippen molar-refractivity contribution in [3.8, 4) is 0 Å². The second kappa shape index (κ2) is 3.32. The van der Waals surface area contributed by atoms with E-state index in [1.165, 1.54) is 0 Å². The monoisotopic (exact) mass is 206 g/mol. The molecule has 82 valence electrons. The van der Waals surface area contributed by atoms with Gasteiger partial charge in [0.2, 0.25) is 0 Å². The third-order valence-electron chi connectivity index (χ3n) is 3.17. The minimum atomic E-state index is -0.801. The van der Waals surface area contributed by atoms with Crippen molar-refractivity contribution in [1.82, 2.24) is 0 Å². The minimum absolute atomic E-state index is 0.128. The Bertz CT molecular complexity index is 359. The summed E-state index contributed by atoms with van der Waals surface area (Å²) in [6, 6.07) is 8.00. The maximum atomic E-state index is 10.1. The Morgan fingerprint density at radius 2 is 1.87 bits per heavy atom. The molecule has 1 aromatic carbocycles. The molecule has 0 saturated heterocycles. The quantitative estimate of drug-likeness (QED) is 0.823. The van der Waals surface area contributed by atoms with E-state index in [1.54, 1.807) is 7.11 Å². The molecule has 2 heteroatoms. The zero-order valence-corrected chi connectivity index (χ0v) is 9.58. The van der Waals surface area contributed by atoms with Crippen LogP contribution in [0.25, 0.3) is 0 Å². The van der Waals surface area contributed by atoms with Crippen molar-refractivity contribution in [3.63, 3.8) is 0 Å². The largest absolute Gasteiger partial charge is 0.386 e. The molecule has 0 aromatic heterocycles. The first-order valence-electron chi connectivity index (χ1n) is 5.37. The van der Waals surface area contributed by atoms with Crippen molar-refractivity contribution >= 4 is 0 Å². The number of hydrogen-bond donors (Lipinski definition) is 1. The van der Waals surface area contributed by atoms with Gasteiger partial charge in [0.15, 0.2) is 0 Å². The van der Waals surface area contributed by atoms with E-state index in [1.807, 2.05) is 32.0 Å². The Balaban J connectivity index is 2.48. The predicted octanol–water partition coefficient (Wildman–Crippen LogP) is 2.55. The average molecular weight is 206 g/mol. The van der Waals surface area contributed by atoms with Gasteiger partial charge >= 0.3 is 0 Å². The highest BCUT2D eigenvalue weighted by Crippen LogP contribution is 2.51. The molecule has 0 spiro atoms. The SMILES string of the molecule is COC1(c2ccccc2C(C)(C)O)CC1. The van der Waals surface area contributed by atoms with Crippen LogP contribution in [-0.2, 0) is 15.9 Å². The molecule has 1 aromatic rings. The van der Waals surface area contributed by atoms with Crippen molar-refractivity contribution in [2.75, 3.05) is 7.11 Å². The molecule has 0 amide bonds. The van der Waals surface area contributed by atoms with Gasteiger partial charge in [-0.05, 0) is 37.8 Å². The lowest BCUT2D eigenvalue weighted by Crippen LogP contribution is -2.22. The Kier molecular flexibility index (Phi) is 2.36. The molecule has 15 heavy (non-hydrogen) atoms. The molecule has 1 saturated carbocycles. The summed E-state index contributed by atoms with van der Waals surface area (Å²) in [5.41, 5.74) is 1.19. The highest BCUT2D eigenvalue weighted by atomic mass is 16.5. The van der Waals surface area contributed by atoms with Gasteiger partial charge in [-0.25, -0.2) is 0 Å². The lowest BCUT2D eigenvalue weighted by atomic mass is 9.89. The van der Waals surface area contributed by atoms with E-state index in [2.05, 4.69) is 6.07 Å². The average Bonchev–Trinajstić information content (AvgIpc) is 2.97. The van der Waals surface area contributed by atoms with Crippen molar-refractivity contribution in [2.24, 2.45) is 0 Å². The summed E-state index contributed by atoms with van der Waals surface area (Å²) in [6.07, 6.45) is 2.10. The molecule has 1 fully saturated rings. The summed E-state index contributed by atoms with van der Waals surface area (Å²) in [6.45, 7) is 3.63. The first-order chi connectivity index (χ1) is 6.99. The Labute approximate surface area is 90.9 Å². The second-order valence-corrected chi connectivity index (χ2v) is 4.80. The van der Waals surface area contributed by atoms with Crippen LogP contribution < -0.4 is 0 Å². The number of hydrogen-bond acceptors (Lipinski definition) is 2. The standard InChI is InChI=1S/C13H18O2/c1-12(2,14)10-6-4-5-7-11(10)13(15-3)8-9-13/h4-7,14H,8-9H2,1-3H3. The minimum Gasteiger partial charge on any atom is -0.386 e. The summed E-state index contributed by atoms with van der Waals surface area (Å²) in [4.78, 5) is 0. The fourth-order valence-electron chi connectivity index (χ4n) is 2.11. The summed E-state index contributed by atoms with van der Waals surface area (Å²) in [5.74, 6) is 0. The van der Waals surface area contributed by atoms with Crippen LogP contribution in [0.4, 0.5) is 0 Å². The molecule has 0 unspecified atom stereocenters. The maximum Gasteiger partial charge on any atom is 0.0933 e. The van der Waals surface area contributed by atoms with Crippen LogP contribution in [0, 0.1) is 0 Å². The fraction of sp³-hybridized carbons (Fsp3) is 0.538. The molecule has 1 N–H and O–H groups in total.